The van der Waals surface area contributed by atoms with Crippen LogP contribution in [0.4, 0.5) is 0 Å². The zero-order valence-corrected chi connectivity index (χ0v) is 11.4. The topological polar surface area (TPSA) is 46.9 Å². The lowest BCUT2D eigenvalue weighted by Gasteiger charge is -2.07. The highest BCUT2D eigenvalue weighted by Gasteiger charge is 2.04. The van der Waals surface area contributed by atoms with Gasteiger partial charge in [-0.05, 0) is 48.8 Å². The molecule has 0 saturated heterocycles. The van der Waals surface area contributed by atoms with E-state index in [4.69, 9.17) is 0 Å². The third-order valence-electron chi connectivity index (χ3n) is 2.34. The van der Waals surface area contributed by atoms with Crippen molar-refractivity contribution in [3.63, 3.8) is 0 Å². The van der Waals surface area contributed by atoms with E-state index in [9.17, 15) is 4.79 Å². The first-order valence-electron chi connectivity index (χ1n) is 5.59. The van der Waals surface area contributed by atoms with Gasteiger partial charge in [0.15, 0.2) is 0 Å². The van der Waals surface area contributed by atoms with Gasteiger partial charge in [0.2, 0.25) is 0 Å². The van der Waals surface area contributed by atoms with Crippen LogP contribution in [-0.4, -0.2) is 22.6 Å². The lowest BCUT2D eigenvalue weighted by atomic mass is 10.4. The maximum Gasteiger partial charge on any atom is 0.267 e. The Kier molecular flexibility index (Phi) is 5.69. The van der Waals surface area contributed by atoms with E-state index in [2.05, 4.69) is 33.2 Å². The zero-order chi connectivity index (χ0) is 12.0. The second kappa shape index (κ2) is 6.81. The number of aromatic nitrogens is 2. The van der Waals surface area contributed by atoms with Crippen LogP contribution in [0.15, 0.2) is 15.6 Å². The summed E-state index contributed by atoms with van der Waals surface area (Å²) in [4.78, 5) is 15.9. The maximum atomic E-state index is 11.8. The normalized spacial score (nSPS) is 10.7. The highest BCUT2D eigenvalue weighted by atomic mass is 79.9. The molecule has 0 amide bonds. The van der Waals surface area contributed by atoms with Gasteiger partial charge in [0, 0.05) is 6.54 Å². The van der Waals surface area contributed by atoms with E-state index in [0.29, 0.717) is 11.0 Å². The molecular formula is C11H18BrN3O. The molecule has 5 heteroatoms. The third kappa shape index (κ3) is 3.72. The van der Waals surface area contributed by atoms with Gasteiger partial charge in [-0.1, -0.05) is 6.92 Å². The summed E-state index contributed by atoms with van der Waals surface area (Å²) in [5.74, 6) is 0. The number of nitrogens with zero attached hydrogens (tertiary/aromatic N) is 2. The molecule has 0 unspecified atom stereocenters. The minimum Gasteiger partial charge on any atom is -0.317 e. The van der Waals surface area contributed by atoms with Gasteiger partial charge in [0.1, 0.15) is 4.47 Å². The minimum absolute atomic E-state index is 0.00277. The number of hydrogen-bond acceptors (Lipinski definition) is 3. The molecule has 0 saturated carbocycles. The molecule has 0 spiro atoms. The van der Waals surface area contributed by atoms with E-state index in [-0.39, 0.29) is 5.56 Å². The van der Waals surface area contributed by atoms with Gasteiger partial charge in [-0.2, -0.15) is 0 Å². The van der Waals surface area contributed by atoms with Gasteiger partial charge >= 0.3 is 0 Å². The molecule has 0 atom stereocenters. The van der Waals surface area contributed by atoms with Crippen molar-refractivity contribution in [1.82, 2.24) is 14.9 Å². The summed E-state index contributed by atoms with van der Waals surface area (Å²) in [6, 6.07) is 0. The lowest BCUT2D eigenvalue weighted by Crippen LogP contribution is -2.24. The molecule has 0 fully saturated rings. The Bertz CT molecular complexity index is 389. The summed E-state index contributed by atoms with van der Waals surface area (Å²) >= 11 is 3.25. The van der Waals surface area contributed by atoms with Crippen molar-refractivity contribution in [1.29, 1.82) is 0 Å². The Balaban J connectivity index is 2.49. The van der Waals surface area contributed by atoms with Gasteiger partial charge < -0.3 is 5.32 Å². The molecule has 0 radical (unpaired) electrons. The molecular weight excluding hydrogens is 270 g/mol. The summed E-state index contributed by atoms with van der Waals surface area (Å²) in [5.41, 5.74) is 0.744. The average molecular weight is 288 g/mol. The number of nitrogens with one attached hydrogen (secondary N) is 1. The Morgan fingerprint density at radius 1 is 1.50 bits per heavy atom. The summed E-state index contributed by atoms with van der Waals surface area (Å²) in [5, 5.41) is 3.30. The molecule has 90 valence electrons. The van der Waals surface area contributed by atoms with Crippen molar-refractivity contribution in [3.8, 4) is 0 Å². The smallest absolute Gasteiger partial charge is 0.267 e. The molecule has 1 N–H and O–H groups in total. The fourth-order valence-electron chi connectivity index (χ4n) is 1.38. The highest BCUT2D eigenvalue weighted by molar-refractivity contribution is 9.10. The van der Waals surface area contributed by atoms with Gasteiger partial charge in [-0.25, -0.2) is 4.98 Å². The Morgan fingerprint density at radius 3 is 2.94 bits per heavy atom. The van der Waals surface area contributed by atoms with E-state index < -0.39 is 0 Å². The first-order valence-corrected chi connectivity index (χ1v) is 6.38. The van der Waals surface area contributed by atoms with Crippen molar-refractivity contribution in [2.45, 2.75) is 33.2 Å². The van der Waals surface area contributed by atoms with E-state index in [1.54, 1.807) is 10.9 Å². The molecule has 0 aliphatic rings. The van der Waals surface area contributed by atoms with Crippen LogP contribution in [0.3, 0.4) is 0 Å². The minimum atomic E-state index is 0.00277. The molecule has 0 bridgehead atoms. The van der Waals surface area contributed by atoms with Gasteiger partial charge in [-0.3, -0.25) is 9.36 Å². The van der Waals surface area contributed by atoms with Crippen molar-refractivity contribution in [2.75, 3.05) is 13.1 Å². The molecule has 1 aromatic rings. The fourth-order valence-corrected chi connectivity index (χ4v) is 1.71. The molecule has 16 heavy (non-hydrogen) atoms. The first-order chi connectivity index (χ1) is 7.66. The number of hydrogen-bond donors (Lipinski definition) is 1. The third-order valence-corrected chi connectivity index (χ3v) is 3.25. The van der Waals surface area contributed by atoms with Crippen molar-refractivity contribution in [2.24, 2.45) is 0 Å². The van der Waals surface area contributed by atoms with Crippen LogP contribution in [0, 0.1) is 6.92 Å². The zero-order valence-electron chi connectivity index (χ0n) is 9.79. The van der Waals surface area contributed by atoms with E-state index in [1.165, 1.54) is 0 Å². The monoisotopic (exact) mass is 287 g/mol. The maximum absolute atomic E-state index is 11.8. The van der Waals surface area contributed by atoms with Gasteiger partial charge in [-0.15, -0.1) is 0 Å². The van der Waals surface area contributed by atoms with Crippen LogP contribution in [0.2, 0.25) is 0 Å². The SMILES string of the molecule is CCCNCCCn1cnc(C)c(Br)c1=O. The second-order valence-electron chi connectivity index (χ2n) is 3.75. The van der Waals surface area contributed by atoms with E-state index in [1.807, 2.05) is 6.92 Å². The molecule has 0 aromatic carbocycles. The second-order valence-corrected chi connectivity index (χ2v) is 4.54. The summed E-state index contributed by atoms with van der Waals surface area (Å²) < 4.78 is 2.21. The molecule has 4 nitrogen and oxygen atoms in total. The van der Waals surface area contributed by atoms with Crippen molar-refractivity contribution < 1.29 is 0 Å². The van der Waals surface area contributed by atoms with Gasteiger partial charge in [0.25, 0.3) is 5.56 Å². The Labute approximate surface area is 104 Å². The van der Waals surface area contributed by atoms with Crippen LogP contribution in [-0.2, 0) is 6.54 Å². The Morgan fingerprint density at radius 2 is 2.25 bits per heavy atom. The summed E-state index contributed by atoms with van der Waals surface area (Å²) in [6.45, 7) is 6.63. The van der Waals surface area contributed by atoms with Crippen LogP contribution in [0.5, 0.6) is 0 Å². The van der Waals surface area contributed by atoms with Crippen molar-refractivity contribution in [3.05, 3.63) is 26.8 Å². The number of aryl methyl sites for hydroxylation is 2. The van der Waals surface area contributed by atoms with Crippen LogP contribution < -0.4 is 10.9 Å². The number of rotatable bonds is 6. The first kappa shape index (κ1) is 13.4. The van der Waals surface area contributed by atoms with Crippen LogP contribution >= 0.6 is 15.9 Å². The predicted octanol–water partition coefficient (Wildman–Crippen LogP) is 1.70. The average Bonchev–Trinajstić information content (AvgIpc) is 2.28. The van der Waals surface area contributed by atoms with E-state index >= 15 is 0 Å². The molecule has 0 aliphatic carbocycles. The highest BCUT2D eigenvalue weighted by Crippen LogP contribution is 2.05. The quantitative estimate of drug-likeness (QED) is 0.811. The Hall–Kier alpha value is -0.680. The summed E-state index contributed by atoms with van der Waals surface area (Å²) in [7, 11) is 0. The van der Waals surface area contributed by atoms with Crippen LogP contribution in [0.25, 0.3) is 0 Å². The molecule has 1 heterocycles. The molecule has 1 aromatic heterocycles. The predicted molar refractivity (Wildman–Crippen MR) is 68.7 cm³/mol. The standard InChI is InChI=1S/C11H18BrN3O/c1-3-5-13-6-4-7-15-8-14-9(2)10(12)11(15)16/h8,13H,3-7H2,1-2H3. The largest absolute Gasteiger partial charge is 0.317 e. The van der Waals surface area contributed by atoms with Crippen molar-refractivity contribution >= 4 is 15.9 Å². The van der Waals surface area contributed by atoms with Crippen LogP contribution in [0.1, 0.15) is 25.5 Å². The fraction of sp³-hybridized carbons (Fsp3) is 0.636. The molecule has 0 aliphatic heterocycles. The molecule has 1 rings (SSSR count). The number of halogens is 1. The van der Waals surface area contributed by atoms with Gasteiger partial charge in [0.05, 0.1) is 12.0 Å². The van der Waals surface area contributed by atoms with E-state index in [0.717, 1.165) is 31.6 Å². The summed E-state index contributed by atoms with van der Waals surface area (Å²) in [6.07, 6.45) is 3.69. The lowest BCUT2D eigenvalue weighted by molar-refractivity contribution is 0.560.